The van der Waals surface area contributed by atoms with Crippen molar-refractivity contribution in [1.29, 1.82) is 0 Å². The molecule has 0 spiro atoms. The van der Waals surface area contributed by atoms with Crippen LogP contribution in [0.25, 0.3) is 5.69 Å². The lowest BCUT2D eigenvalue weighted by Crippen LogP contribution is -2.18. The summed E-state index contributed by atoms with van der Waals surface area (Å²) in [6.07, 6.45) is 0.748. The van der Waals surface area contributed by atoms with Crippen LogP contribution in [0.15, 0.2) is 41.2 Å². The van der Waals surface area contributed by atoms with Gasteiger partial charge in [-0.25, -0.2) is 0 Å². The Hall–Kier alpha value is -2.03. The number of anilines is 1. The second kappa shape index (κ2) is 2.73. The fraction of sp³-hybridized carbons (Fsp3) is 0.0833. The van der Waals surface area contributed by atoms with Gasteiger partial charge in [-0.1, -0.05) is 18.2 Å². The molecule has 0 saturated heterocycles. The number of hydrogen-bond donors (Lipinski definition) is 1. The third-order valence-electron chi connectivity index (χ3n) is 2.82. The molecular weight excluding hydrogens is 188 g/mol. The molecule has 1 aliphatic rings. The molecule has 3 nitrogen and oxygen atoms in total. The third-order valence-corrected chi connectivity index (χ3v) is 2.82. The minimum Gasteiger partial charge on any atom is -0.397 e. The lowest BCUT2D eigenvalue weighted by molar-refractivity contribution is 0.967. The van der Waals surface area contributed by atoms with Crippen LogP contribution < -0.4 is 11.3 Å². The Morgan fingerprint density at radius 1 is 1.13 bits per heavy atom. The van der Waals surface area contributed by atoms with Gasteiger partial charge in [0, 0.05) is 12.5 Å². The first-order chi connectivity index (χ1) is 7.27. The lowest BCUT2D eigenvalue weighted by Gasteiger charge is -2.05. The first-order valence-corrected chi connectivity index (χ1v) is 4.86. The normalized spacial score (nSPS) is 12.3. The molecule has 1 aromatic carbocycles. The Balaban J connectivity index is 2.42. The first kappa shape index (κ1) is 8.29. The molecule has 2 N–H and O–H groups in total. The van der Waals surface area contributed by atoms with E-state index >= 15 is 0 Å². The van der Waals surface area contributed by atoms with Crippen LogP contribution in [0.5, 0.6) is 0 Å². The van der Waals surface area contributed by atoms with E-state index in [4.69, 9.17) is 5.73 Å². The summed E-state index contributed by atoms with van der Waals surface area (Å²) in [5.74, 6) is 0. The molecule has 3 heteroatoms. The quantitative estimate of drug-likeness (QED) is 0.592. The van der Waals surface area contributed by atoms with E-state index in [1.54, 1.807) is 10.6 Å². The number of pyridine rings is 1. The highest BCUT2D eigenvalue weighted by Crippen LogP contribution is 2.28. The second-order valence-corrected chi connectivity index (χ2v) is 3.71. The number of benzene rings is 1. The van der Waals surface area contributed by atoms with Crippen molar-refractivity contribution >= 4 is 5.69 Å². The molecular formula is C12H10N2O. The van der Waals surface area contributed by atoms with Crippen molar-refractivity contribution in [2.45, 2.75) is 6.42 Å². The zero-order chi connectivity index (χ0) is 10.4. The Labute approximate surface area is 86.8 Å². The molecule has 1 aliphatic heterocycles. The summed E-state index contributed by atoms with van der Waals surface area (Å²) in [5, 5.41) is 0. The Kier molecular flexibility index (Phi) is 1.51. The first-order valence-electron chi connectivity index (χ1n) is 4.86. The number of nitrogen functional groups attached to an aromatic ring is 1. The predicted octanol–water partition coefficient (Wildman–Crippen LogP) is 1.32. The van der Waals surface area contributed by atoms with Crippen LogP contribution in [-0.2, 0) is 6.42 Å². The summed E-state index contributed by atoms with van der Waals surface area (Å²) in [5.41, 5.74) is 9.57. The number of fused-ring (bicyclic) bond motifs is 3. The molecule has 0 unspecified atom stereocenters. The van der Waals surface area contributed by atoms with Crippen molar-refractivity contribution in [1.82, 2.24) is 4.57 Å². The van der Waals surface area contributed by atoms with Gasteiger partial charge in [-0.3, -0.25) is 9.36 Å². The van der Waals surface area contributed by atoms with Gasteiger partial charge >= 0.3 is 0 Å². The zero-order valence-electron chi connectivity index (χ0n) is 8.10. The van der Waals surface area contributed by atoms with Crippen molar-refractivity contribution in [2.24, 2.45) is 0 Å². The zero-order valence-corrected chi connectivity index (χ0v) is 8.10. The fourth-order valence-corrected chi connectivity index (χ4v) is 2.10. The van der Waals surface area contributed by atoms with Crippen molar-refractivity contribution in [3.63, 3.8) is 0 Å². The van der Waals surface area contributed by atoms with Crippen LogP contribution in [0.4, 0.5) is 5.69 Å². The Bertz CT molecular complexity index is 599. The molecule has 3 rings (SSSR count). The SMILES string of the molecule is Nc1ccc(=O)n2c1Cc1ccccc1-2. The molecule has 2 aromatic rings. The maximum Gasteiger partial charge on any atom is 0.255 e. The Morgan fingerprint density at radius 2 is 1.93 bits per heavy atom. The van der Waals surface area contributed by atoms with E-state index in [-0.39, 0.29) is 5.56 Å². The van der Waals surface area contributed by atoms with Crippen LogP contribution in [0, 0.1) is 0 Å². The molecule has 15 heavy (non-hydrogen) atoms. The van der Waals surface area contributed by atoms with E-state index in [1.807, 2.05) is 24.3 Å². The van der Waals surface area contributed by atoms with E-state index in [1.165, 1.54) is 6.07 Å². The molecule has 0 bridgehead atoms. The van der Waals surface area contributed by atoms with Gasteiger partial charge in [0.2, 0.25) is 0 Å². The van der Waals surface area contributed by atoms with Crippen molar-refractivity contribution < 1.29 is 0 Å². The molecule has 2 heterocycles. The predicted molar refractivity (Wildman–Crippen MR) is 59.3 cm³/mol. The van der Waals surface area contributed by atoms with Gasteiger partial charge in [-0.05, 0) is 17.7 Å². The van der Waals surface area contributed by atoms with Crippen LogP contribution in [0.3, 0.4) is 0 Å². The van der Waals surface area contributed by atoms with Gasteiger partial charge in [0.1, 0.15) is 0 Å². The number of nitrogens with two attached hydrogens (primary N) is 1. The fourth-order valence-electron chi connectivity index (χ4n) is 2.10. The third kappa shape index (κ3) is 1.03. The topological polar surface area (TPSA) is 48.0 Å². The highest BCUT2D eigenvalue weighted by Gasteiger charge is 2.20. The summed E-state index contributed by atoms with van der Waals surface area (Å²) >= 11 is 0. The van der Waals surface area contributed by atoms with Gasteiger partial charge in [0.25, 0.3) is 5.56 Å². The van der Waals surface area contributed by atoms with Gasteiger partial charge in [-0.2, -0.15) is 0 Å². The summed E-state index contributed by atoms with van der Waals surface area (Å²) in [7, 11) is 0. The van der Waals surface area contributed by atoms with Gasteiger partial charge in [0.05, 0.1) is 17.1 Å². The highest BCUT2D eigenvalue weighted by atomic mass is 16.1. The van der Waals surface area contributed by atoms with Crippen molar-refractivity contribution in [3.05, 3.63) is 58.0 Å². The van der Waals surface area contributed by atoms with E-state index in [9.17, 15) is 4.79 Å². The monoisotopic (exact) mass is 198 g/mol. The number of nitrogens with zero attached hydrogens (tertiary/aromatic N) is 1. The number of aromatic nitrogens is 1. The molecule has 0 radical (unpaired) electrons. The molecule has 0 atom stereocenters. The van der Waals surface area contributed by atoms with Crippen LogP contribution >= 0.6 is 0 Å². The van der Waals surface area contributed by atoms with E-state index in [0.717, 1.165) is 23.4 Å². The van der Waals surface area contributed by atoms with Crippen molar-refractivity contribution in [3.8, 4) is 5.69 Å². The number of rotatable bonds is 0. The maximum absolute atomic E-state index is 11.7. The molecule has 0 aliphatic carbocycles. The summed E-state index contributed by atoms with van der Waals surface area (Å²) in [4.78, 5) is 11.7. The standard InChI is InChI=1S/C12H10N2O/c13-9-5-6-12(15)14-10-4-2-1-3-8(10)7-11(9)14/h1-6H,7,13H2. The van der Waals surface area contributed by atoms with E-state index in [0.29, 0.717) is 5.69 Å². The van der Waals surface area contributed by atoms with Crippen LogP contribution in [0.2, 0.25) is 0 Å². The van der Waals surface area contributed by atoms with Crippen LogP contribution in [0.1, 0.15) is 11.3 Å². The summed E-state index contributed by atoms with van der Waals surface area (Å²) in [6, 6.07) is 11.1. The van der Waals surface area contributed by atoms with Crippen molar-refractivity contribution in [2.75, 3.05) is 5.73 Å². The van der Waals surface area contributed by atoms with E-state index in [2.05, 4.69) is 0 Å². The number of para-hydroxylation sites is 1. The minimum atomic E-state index is -0.0100. The van der Waals surface area contributed by atoms with Gasteiger partial charge < -0.3 is 5.73 Å². The molecule has 1 aromatic heterocycles. The summed E-state index contributed by atoms with van der Waals surface area (Å²) in [6.45, 7) is 0. The van der Waals surface area contributed by atoms with Gasteiger partial charge in [0.15, 0.2) is 0 Å². The molecule has 0 amide bonds. The Morgan fingerprint density at radius 3 is 2.80 bits per heavy atom. The smallest absolute Gasteiger partial charge is 0.255 e. The lowest BCUT2D eigenvalue weighted by atomic mass is 10.1. The molecule has 0 fully saturated rings. The van der Waals surface area contributed by atoms with E-state index < -0.39 is 0 Å². The van der Waals surface area contributed by atoms with Gasteiger partial charge in [-0.15, -0.1) is 0 Å². The average molecular weight is 198 g/mol. The minimum absolute atomic E-state index is 0.0100. The maximum atomic E-state index is 11.7. The summed E-state index contributed by atoms with van der Waals surface area (Å²) < 4.78 is 1.70. The highest BCUT2D eigenvalue weighted by molar-refractivity contribution is 5.57. The molecule has 74 valence electrons. The largest absolute Gasteiger partial charge is 0.397 e. The van der Waals surface area contributed by atoms with Crippen LogP contribution in [-0.4, -0.2) is 4.57 Å². The second-order valence-electron chi connectivity index (χ2n) is 3.71. The molecule has 0 saturated carbocycles. The number of hydrogen-bond acceptors (Lipinski definition) is 2. The average Bonchev–Trinajstić information content (AvgIpc) is 2.64.